The van der Waals surface area contributed by atoms with E-state index in [4.69, 9.17) is 21.1 Å². The van der Waals surface area contributed by atoms with E-state index in [1.54, 1.807) is 11.8 Å². The standard InChI is InChI=1S/C21H24ClNO3S/c1-13-7-14(2)20(15(3)8-13)23-19(24)12-27-11-16-9-17(22)21-18(10-16)25-5-4-6-26-21/h7-10H,4-6,11-12H2,1-3H3,(H,23,24). The number of rotatable bonds is 5. The average Bonchev–Trinajstić information content (AvgIpc) is 2.84. The molecule has 4 nitrogen and oxygen atoms in total. The third kappa shape index (κ3) is 5.11. The van der Waals surface area contributed by atoms with E-state index in [0.29, 0.717) is 41.2 Å². The SMILES string of the molecule is Cc1cc(C)c(NC(=O)CSCc2cc(Cl)c3c(c2)OCCCO3)c(C)c1. The normalized spacial score (nSPS) is 13.2. The Morgan fingerprint density at radius 1 is 1.11 bits per heavy atom. The number of fused-ring (bicyclic) bond motifs is 1. The van der Waals surface area contributed by atoms with Gasteiger partial charge in [0.2, 0.25) is 5.91 Å². The number of anilines is 1. The van der Waals surface area contributed by atoms with Crippen LogP contribution in [0.5, 0.6) is 11.5 Å². The third-order valence-corrected chi connectivity index (χ3v) is 5.59. The molecular formula is C21H24ClNO3S. The molecule has 3 rings (SSSR count). The Balaban J connectivity index is 1.58. The number of halogens is 1. The van der Waals surface area contributed by atoms with Crippen LogP contribution < -0.4 is 14.8 Å². The van der Waals surface area contributed by atoms with Crippen LogP contribution in [0.2, 0.25) is 5.02 Å². The Labute approximate surface area is 169 Å². The number of benzene rings is 2. The summed E-state index contributed by atoms with van der Waals surface area (Å²) in [6, 6.07) is 7.99. The van der Waals surface area contributed by atoms with E-state index in [2.05, 4.69) is 24.4 Å². The predicted molar refractivity (Wildman–Crippen MR) is 113 cm³/mol. The van der Waals surface area contributed by atoms with E-state index in [-0.39, 0.29) is 5.91 Å². The summed E-state index contributed by atoms with van der Waals surface area (Å²) >= 11 is 7.87. The number of thioether (sulfide) groups is 1. The molecule has 0 aliphatic carbocycles. The molecule has 6 heteroatoms. The second-order valence-electron chi connectivity index (χ2n) is 6.77. The van der Waals surface area contributed by atoms with Crippen molar-refractivity contribution in [2.45, 2.75) is 32.9 Å². The van der Waals surface area contributed by atoms with Gasteiger partial charge in [-0.05, 0) is 49.6 Å². The second-order valence-corrected chi connectivity index (χ2v) is 8.16. The van der Waals surface area contributed by atoms with E-state index >= 15 is 0 Å². The van der Waals surface area contributed by atoms with Crippen LogP contribution in [-0.4, -0.2) is 24.9 Å². The highest BCUT2D eigenvalue weighted by Crippen LogP contribution is 2.38. The summed E-state index contributed by atoms with van der Waals surface area (Å²) < 4.78 is 11.4. The first-order valence-corrected chi connectivity index (χ1v) is 10.5. The summed E-state index contributed by atoms with van der Waals surface area (Å²) in [6.45, 7) is 7.32. The number of amides is 1. The molecule has 0 saturated heterocycles. The lowest BCUT2D eigenvalue weighted by molar-refractivity contribution is -0.113. The Morgan fingerprint density at radius 3 is 2.56 bits per heavy atom. The van der Waals surface area contributed by atoms with Crippen molar-refractivity contribution in [3.05, 3.63) is 51.5 Å². The maximum absolute atomic E-state index is 12.3. The first-order valence-electron chi connectivity index (χ1n) is 8.97. The van der Waals surface area contributed by atoms with Crippen LogP contribution >= 0.6 is 23.4 Å². The molecule has 0 saturated carbocycles. The van der Waals surface area contributed by atoms with Crippen LogP contribution in [-0.2, 0) is 10.5 Å². The Morgan fingerprint density at radius 2 is 1.81 bits per heavy atom. The Kier molecular flexibility index (Phi) is 6.55. The molecule has 1 aliphatic rings. The minimum Gasteiger partial charge on any atom is -0.489 e. The summed E-state index contributed by atoms with van der Waals surface area (Å²) in [6.07, 6.45) is 0.840. The van der Waals surface area contributed by atoms with E-state index < -0.39 is 0 Å². The third-order valence-electron chi connectivity index (χ3n) is 4.31. The number of nitrogens with one attached hydrogen (secondary N) is 1. The van der Waals surface area contributed by atoms with Crippen LogP contribution in [0.4, 0.5) is 5.69 Å². The molecule has 1 N–H and O–H groups in total. The molecule has 1 aliphatic heterocycles. The van der Waals surface area contributed by atoms with Gasteiger partial charge in [0.15, 0.2) is 11.5 Å². The first-order chi connectivity index (χ1) is 12.9. The lowest BCUT2D eigenvalue weighted by Crippen LogP contribution is -2.16. The lowest BCUT2D eigenvalue weighted by Gasteiger charge is -2.13. The van der Waals surface area contributed by atoms with Gasteiger partial charge in [0, 0.05) is 17.9 Å². The van der Waals surface area contributed by atoms with Gasteiger partial charge in [-0.15, -0.1) is 11.8 Å². The molecule has 144 valence electrons. The molecule has 1 amide bonds. The van der Waals surface area contributed by atoms with Crippen molar-refractivity contribution in [2.24, 2.45) is 0 Å². The van der Waals surface area contributed by atoms with Crippen LogP contribution in [0, 0.1) is 20.8 Å². The van der Waals surface area contributed by atoms with Gasteiger partial charge in [0.25, 0.3) is 0 Å². The van der Waals surface area contributed by atoms with Gasteiger partial charge in [0.05, 0.1) is 24.0 Å². The van der Waals surface area contributed by atoms with Crippen molar-refractivity contribution in [3.8, 4) is 11.5 Å². The van der Waals surface area contributed by atoms with Crippen LogP contribution in [0.3, 0.4) is 0 Å². The monoisotopic (exact) mass is 405 g/mol. The zero-order valence-electron chi connectivity index (χ0n) is 15.9. The highest BCUT2D eigenvalue weighted by Gasteiger charge is 2.16. The van der Waals surface area contributed by atoms with Crippen molar-refractivity contribution in [2.75, 3.05) is 24.3 Å². The molecule has 2 aromatic rings. The number of carbonyl (C=O) groups is 1. The topological polar surface area (TPSA) is 47.6 Å². The molecule has 0 bridgehead atoms. The number of ether oxygens (including phenoxy) is 2. The number of aryl methyl sites for hydroxylation is 3. The van der Waals surface area contributed by atoms with E-state index in [0.717, 1.165) is 28.8 Å². The Bertz CT molecular complexity index is 831. The number of carbonyl (C=O) groups excluding carboxylic acids is 1. The molecule has 0 spiro atoms. The van der Waals surface area contributed by atoms with Crippen molar-refractivity contribution in [1.29, 1.82) is 0 Å². The molecule has 0 fully saturated rings. The summed E-state index contributed by atoms with van der Waals surface area (Å²) in [7, 11) is 0. The maximum Gasteiger partial charge on any atom is 0.234 e. The van der Waals surface area contributed by atoms with E-state index in [1.807, 2.05) is 26.0 Å². The number of hydrogen-bond acceptors (Lipinski definition) is 4. The zero-order chi connectivity index (χ0) is 19.4. The molecule has 0 aromatic heterocycles. The molecule has 2 aromatic carbocycles. The molecule has 0 radical (unpaired) electrons. The Hall–Kier alpha value is -1.85. The van der Waals surface area contributed by atoms with Gasteiger partial charge in [0.1, 0.15) is 0 Å². The van der Waals surface area contributed by atoms with Crippen molar-refractivity contribution in [1.82, 2.24) is 0 Å². The van der Waals surface area contributed by atoms with Gasteiger partial charge in [-0.25, -0.2) is 0 Å². The molecular weight excluding hydrogens is 382 g/mol. The summed E-state index contributed by atoms with van der Waals surface area (Å²) in [5.41, 5.74) is 5.29. The highest BCUT2D eigenvalue weighted by atomic mass is 35.5. The molecule has 0 unspecified atom stereocenters. The quantitative estimate of drug-likeness (QED) is 0.733. The van der Waals surface area contributed by atoms with Crippen molar-refractivity contribution < 1.29 is 14.3 Å². The van der Waals surface area contributed by atoms with Crippen LogP contribution in [0.15, 0.2) is 24.3 Å². The van der Waals surface area contributed by atoms with Crippen molar-refractivity contribution in [3.63, 3.8) is 0 Å². The van der Waals surface area contributed by atoms with Crippen molar-refractivity contribution >= 4 is 35.0 Å². The minimum atomic E-state index is -0.00417. The summed E-state index contributed by atoms with van der Waals surface area (Å²) in [5, 5.41) is 3.59. The molecule has 1 heterocycles. The van der Waals surface area contributed by atoms with E-state index in [1.165, 1.54) is 5.56 Å². The van der Waals surface area contributed by atoms with Gasteiger partial charge in [-0.2, -0.15) is 0 Å². The van der Waals surface area contributed by atoms with Gasteiger partial charge >= 0.3 is 0 Å². The van der Waals surface area contributed by atoms with Gasteiger partial charge in [-0.1, -0.05) is 29.3 Å². The summed E-state index contributed by atoms with van der Waals surface area (Å²) in [5.74, 6) is 2.35. The highest BCUT2D eigenvalue weighted by molar-refractivity contribution is 7.99. The zero-order valence-corrected chi connectivity index (χ0v) is 17.4. The lowest BCUT2D eigenvalue weighted by atomic mass is 10.1. The van der Waals surface area contributed by atoms with Crippen LogP contribution in [0.1, 0.15) is 28.7 Å². The molecule has 27 heavy (non-hydrogen) atoms. The average molecular weight is 406 g/mol. The second kappa shape index (κ2) is 8.89. The predicted octanol–water partition coefficient (Wildman–Crippen LogP) is 5.30. The number of hydrogen-bond donors (Lipinski definition) is 1. The largest absolute Gasteiger partial charge is 0.489 e. The first kappa shape index (κ1) is 19.9. The minimum absolute atomic E-state index is 0.00417. The van der Waals surface area contributed by atoms with Gasteiger partial charge in [-0.3, -0.25) is 4.79 Å². The van der Waals surface area contributed by atoms with Crippen LogP contribution in [0.25, 0.3) is 0 Å². The van der Waals surface area contributed by atoms with Gasteiger partial charge < -0.3 is 14.8 Å². The maximum atomic E-state index is 12.3. The van der Waals surface area contributed by atoms with E-state index in [9.17, 15) is 4.79 Å². The summed E-state index contributed by atoms with van der Waals surface area (Å²) in [4.78, 5) is 12.3. The fourth-order valence-electron chi connectivity index (χ4n) is 3.18. The fraction of sp³-hybridized carbons (Fsp3) is 0.381. The smallest absolute Gasteiger partial charge is 0.234 e. The fourth-order valence-corrected chi connectivity index (χ4v) is 4.23. The molecule has 0 atom stereocenters.